The molecular weight excluding hydrogens is 434 g/mol. The van der Waals surface area contributed by atoms with Crippen LogP contribution in [0, 0.1) is 0 Å². The van der Waals surface area contributed by atoms with E-state index in [2.05, 4.69) is 34.5 Å². The standard InChI is InChI=1S/C21H25N5O3S2/c1-4-29-12-5-11-22-19-18-17(10-13-30-18)26-20(23-19)21(24-25-26)31(27,28)16-8-6-15(7-9-16)14(2)3/h6-10,13-14H,4-5,11-12H2,1-3H3,(H,22,23). The second-order valence-corrected chi connectivity index (χ2v) is 10.2. The second kappa shape index (κ2) is 8.89. The first-order valence-electron chi connectivity index (χ1n) is 10.2. The highest BCUT2D eigenvalue weighted by Gasteiger charge is 2.27. The van der Waals surface area contributed by atoms with Gasteiger partial charge in [-0.1, -0.05) is 31.2 Å². The van der Waals surface area contributed by atoms with E-state index in [0.29, 0.717) is 31.5 Å². The van der Waals surface area contributed by atoms with Gasteiger partial charge in [0.25, 0.3) is 0 Å². The molecule has 1 aromatic carbocycles. The fourth-order valence-electron chi connectivity index (χ4n) is 3.29. The molecule has 8 nitrogen and oxygen atoms in total. The predicted octanol–water partition coefficient (Wildman–Crippen LogP) is 4.13. The molecule has 164 valence electrons. The molecule has 31 heavy (non-hydrogen) atoms. The van der Waals surface area contributed by atoms with Gasteiger partial charge in [0.1, 0.15) is 5.82 Å². The highest BCUT2D eigenvalue weighted by molar-refractivity contribution is 7.91. The molecule has 0 radical (unpaired) electrons. The Labute approximate surface area is 185 Å². The van der Waals surface area contributed by atoms with Gasteiger partial charge in [-0.2, -0.15) is 4.52 Å². The van der Waals surface area contributed by atoms with Crippen molar-refractivity contribution in [2.75, 3.05) is 25.1 Å². The fourth-order valence-corrected chi connectivity index (χ4v) is 5.36. The molecule has 0 aliphatic heterocycles. The zero-order chi connectivity index (χ0) is 22.0. The maximum atomic E-state index is 13.3. The third kappa shape index (κ3) is 4.15. The van der Waals surface area contributed by atoms with Crippen molar-refractivity contribution in [1.82, 2.24) is 19.8 Å². The van der Waals surface area contributed by atoms with E-state index < -0.39 is 9.84 Å². The molecule has 3 aromatic heterocycles. The van der Waals surface area contributed by atoms with Crippen molar-refractivity contribution in [2.24, 2.45) is 0 Å². The summed E-state index contributed by atoms with van der Waals surface area (Å²) in [5.41, 5.74) is 2.06. The smallest absolute Gasteiger partial charge is 0.229 e. The number of nitrogens with one attached hydrogen (secondary N) is 1. The number of ether oxygens (including phenoxy) is 1. The molecule has 0 aliphatic rings. The molecule has 0 unspecified atom stereocenters. The molecule has 3 heterocycles. The van der Waals surface area contributed by atoms with Gasteiger partial charge in [-0.25, -0.2) is 13.4 Å². The predicted molar refractivity (Wildman–Crippen MR) is 122 cm³/mol. The van der Waals surface area contributed by atoms with Gasteiger partial charge < -0.3 is 10.1 Å². The fraction of sp³-hybridized carbons (Fsp3) is 0.381. The Balaban J connectivity index is 1.74. The summed E-state index contributed by atoms with van der Waals surface area (Å²) in [6.07, 6.45) is 0.818. The van der Waals surface area contributed by atoms with Gasteiger partial charge in [-0.05, 0) is 48.4 Å². The molecule has 10 heteroatoms. The second-order valence-electron chi connectivity index (χ2n) is 7.43. The lowest BCUT2D eigenvalue weighted by atomic mass is 10.0. The number of hydrogen-bond acceptors (Lipinski definition) is 8. The van der Waals surface area contributed by atoms with Crippen LogP contribution in [0.4, 0.5) is 5.82 Å². The molecule has 0 bridgehead atoms. The van der Waals surface area contributed by atoms with Crippen molar-refractivity contribution in [2.45, 2.75) is 43.0 Å². The van der Waals surface area contributed by atoms with Crippen molar-refractivity contribution < 1.29 is 13.2 Å². The van der Waals surface area contributed by atoms with Crippen molar-refractivity contribution >= 4 is 42.9 Å². The molecule has 0 atom stereocenters. The van der Waals surface area contributed by atoms with Crippen molar-refractivity contribution in [1.29, 1.82) is 0 Å². The first-order valence-corrected chi connectivity index (χ1v) is 12.6. The monoisotopic (exact) mass is 459 g/mol. The topological polar surface area (TPSA) is 98.5 Å². The summed E-state index contributed by atoms with van der Waals surface area (Å²) < 4.78 is 34.4. The number of benzene rings is 1. The number of fused-ring (bicyclic) bond motifs is 3. The van der Waals surface area contributed by atoms with Crippen molar-refractivity contribution in [3.63, 3.8) is 0 Å². The van der Waals surface area contributed by atoms with Crippen LogP contribution >= 0.6 is 11.3 Å². The van der Waals surface area contributed by atoms with Crippen LogP contribution in [0.25, 0.3) is 15.9 Å². The average Bonchev–Trinajstić information content (AvgIpc) is 3.40. The molecular formula is C21H25N5O3S2. The van der Waals surface area contributed by atoms with E-state index in [1.165, 1.54) is 15.9 Å². The summed E-state index contributed by atoms with van der Waals surface area (Å²) in [6.45, 7) is 8.09. The molecule has 4 aromatic rings. The summed E-state index contributed by atoms with van der Waals surface area (Å²) in [5.74, 6) is 0.944. The third-order valence-corrected chi connectivity index (χ3v) is 7.57. The van der Waals surface area contributed by atoms with Gasteiger partial charge in [0.2, 0.25) is 14.9 Å². The number of aromatic nitrogens is 4. The van der Waals surface area contributed by atoms with Crippen molar-refractivity contribution in [3.05, 3.63) is 41.3 Å². The summed E-state index contributed by atoms with van der Waals surface area (Å²) in [6, 6.07) is 8.79. The van der Waals surface area contributed by atoms with Crippen LogP contribution in [0.1, 0.15) is 38.7 Å². The van der Waals surface area contributed by atoms with E-state index in [0.717, 1.165) is 22.2 Å². The summed E-state index contributed by atoms with van der Waals surface area (Å²) in [5, 5.41) is 13.2. The molecule has 0 fully saturated rings. The number of nitrogens with zero attached hydrogens (tertiary/aromatic N) is 4. The molecule has 0 aliphatic carbocycles. The minimum atomic E-state index is -3.87. The number of anilines is 1. The Kier molecular flexibility index (Phi) is 6.22. The number of rotatable bonds is 9. The van der Waals surface area contributed by atoms with Crippen LogP contribution in [0.15, 0.2) is 45.6 Å². The van der Waals surface area contributed by atoms with Crippen LogP contribution in [0.2, 0.25) is 0 Å². The largest absolute Gasteiger partial charge is 0.382 e. The number of thiophene rings is 1. The molecule has 4 rings (SSSR count). The van der Waals surface area contributed by atoms with Gasteiger partial charge in [-0.15, -0.1) is 16.4 Å². The Morgan fingerprint density at radius 2 is 1.97 bits per heavy atom. The molecule has 0 saturated heterocycles. The lowest BCUT2D eigenvalue weighted by molar-refractivity contribution is 0.147. The molecule has 0 saturated carbocycles. The highest BCUT2D eigenvalue weighted by Crippen LogP contribution is 2.31. The Morgan fingerprint density at radius 1 is 1.19 bits per heavy atom. The van der Waals surface area contributed by atoms with E-state index in [4.69, 9.17) is 4.74 Å². The first kappa shape index (κ1) is 21.7. The summed E-state index contributed by atoms with van der Waals surface area (Å²) in [4.78, 5) is 4.79. The first-order chi connectivity index (χ1) is 14.9. The zero-order valence-corrected chi connectivity index (χ0v) is 19.3. The van der Waals surface area contributed by atoms with Crippen LogP contribution in [0.5, 0.6) is 0 Å². The summed E-state index contributed by atoms with van der Waals surface area (Å²) >= 11 is 1.52. The molecule has 1 N–H and O–H groups in total. The van der Waals surface area contributed by atoms with E-state index in [-0.39, 0.29) is 15.6 Å². The molecule has 0 spiro atoms. The Bertz CT molecular complexity index is 1290. The van der Waals surface area contributed by atoms with Crippen LogP contribution in [-0.4, -0.2) is 48.0 Å². The Hall–Kier alpha value is -2.56. The lowest BCUT2D eigenvalue weighted by Crippen LogP contribution is -2.09. The maximum absolute atomic E-state index is 13.3. The number of sulfone groups is 1. The van der Waals surface area contributed by atoms with Gasteiger partial charge in [-0.3, -0.25) is 0 Å². The van der Waals surface area contributed by atoms with E-state index in [9.17, 15) is 8.42 Å². The minimum Gasteiger partial charge on any atom is -0.382 e. The quantitative estimate of drug-likeness (QED) is 0.376. The van der Waals surface area contributed by atoms with Crippen LogP contribution < -0.4 is 5.32 Å². The van der Waals surface area contributed by atoms with Crippen LogP contribution in [-0.2, 0) is 14.6 Å². The maximum Gasteiger partial charge on any atom is 0.229 e. The van der Waals surface area contributed by atoms with Gasteiger partial charge >= 0.3 is 0 Å². The number of hydrogen-bond donors (Lipinski definition) is 1. The van der Waals surface area contributed by atoms with E-state index in [1.807, 2.05) is 30.5 Å². The minimum absolute atomic E-state index is 0.143. The third-order valence-electron chi connectivity index (χ3n) is 5.00. The normalized spacial score (nSPS) is 12.3. The van der Waals surface area contributed by atoms with Crippen molar-refractivity contribution in [3.8, 4) is 0 Å². The van der Waals surface area contributed by atoms with Crippen LogP contribution in [0.3, 0.4) is 0 Å². The Morgan fingerprint density at radius 3 is 2.68 bits per heavy atom. The van der Waals surface area contributed by atoms with E-state index in [1.54, 1.807) is 12.1 Å². The van der Waals surface area contributed by atoms with Gasteiger partial charge in [0.15, 0.2) is 5.65 Å². The SMILES string of the molecule is CCOCCCNc1nc2c(S(=O)(=O)c3ccc(C(C)C)cc3)nnn2c2ccsc12. The van der Waals surface area contributed by atoms with Gasteiger partial charge in [0, 0.05) is 19.8 Å². The average molecular weight is 460 g/mol. The van der Waals surface area contributed by atoms with E-state index >= 15 is 0 Å². The lowest BCUT2D eigenvalue weighted by Gasteiger charge is -2.09. The zero-order valence-electron chi connectivity index (χ0n) is 17.7. The summed E-state index contributed by atoms with van der Waals surface area (Å²) in [7, 11) is -3.87. The highest BCUT2D eigenvalue weighted by atomic mass is 32.2. The molecule has 0 amide bonds. The van der Waals surface area contributed by atoms with Gasteiger partial charge in [0.05, 0.1) is 15.1 Å².